The topological polar surface area (TPSA) is 79.5 Å². The average Bonchev–Trinajstić information content (AvgIpc) is 3.32. The fourth-order valence-electron chi connectivity index (χ4n) is 4.87. The van der Waals surface area contributed by atoms with Gasteiger partial charge >= 0.3 is 0 Å². The number of halogens is 2. The summed E-state index contributed by atoms with van der Waals surface area (Å²) < 4.78 is 12.2. The Kier molecular flexibility index (Phi) is 13.7. The van der Waals surface area contributed by atoms with Crippen LogP contribution < -0.4 is 15.4 Å². The number of phenols is 1. The predicted octanol–water partition coefficient (Wildman–Crippen LogP) is 8.45. The molecule has 0 bridgehead atoms. The van der Waals surface area contributed by atoms with E-state index in [4.69, 9.17) is 14.1 Å². The van der Waals surface area contributed by atoms with Gasteiger partial charge in [-0.1, -0.05) is 61.5 Å². The summed E-state index contributed by atoms with van der Waals surface area (Å²) in [6.07, 6.45) is 2.34. The van der Waals surface area contributed by atoms with Gasteiger partial charge in [-0.15, -0.1) is 24.8 Å². The first kappa shape index (κ1) is 36.8. The van der Waals surface area contributed by atoms with Crippen molar-refractivity contribution in [2.24, 2.45) is 0 Å². The van der Waals surface area contributed by atoms with E-state index in [0.29, 0.717) is 24.7 Å². The predicted molar refractivity (Wildman–Crippen MR) is 175 cm³/mol. The van der Waals surface area contributed by atoms with Crippen molar-refractivity contribution in [3.8, 4) is 23.0 Å². The third kappa shape index (κ3) is 9.37. The zero-order valence-electron chi connectivity index (χ0n) is 26.5. The number of phenolic OH excluding ortho intramolecular Hbond substituents is 1. The first-order valence-corrected chi connectivity index (χ1v) is 14.3. The van der Waals surface area contributed by atoms with E-state index in [1.807, 2.05) is 12.1 Å². The molecule has 3 aromatic rings. The Balaban J connectivity index is 0.00000420. The molecule has 3 rings (SSSR count). The standard InChI is InChI=1S/C33H49N3O3.2ClH/c1-11-34-21(3)23-13-14-29(26(17-23)22(4)35-12-2)38-16-15-25-20-39-31(36-25)24-18-27(32(5,6)7)30(37)28(19-24)33(8,9)10;;/h13-14,17-22,34-35,37H,11-12,15-16H2,1-10H3;2*1H. The van der Waals surface area contributed by atoms with Crippen LogP contribution in [0.3, 0.4) is 0 Å². The molecule has 2 unspecified atom stereocenters. The molecule has 6 nitrogen and oxygen atoms in total. The highest BCUT2D eigenvalue weighted by molar-refractivity contribution is 5.85. The summed E-state index contributed by atoms with van der Waals surface area (Å²) in [5.41, 5.74) is 5.48. The number of nitrogens with zero attached hydrogens (tertiary/aromatic N) is 1. The van der Waals surface area contributed by atoms with Gasteiger partial charge in [-0.25, -0.2) is 4.98 Å². The van der Waals surface area contributed by atoms with Crippen molar-refractivity contribution in [2.75, 3.05) is 19.7 Å². The Labute approximate surface area is 259 Å². The Bertz CT molecular complexity index is 1210. The summed E-state index contributed by atoms with van der Waals surface area (Å²) in [5.74, 6) is 1.81. The number of hydrogen-bond acceptors (Lipinski definition) is 6. The molecule has 0 amide bonds. The minimum absolute atomic E-state index is 0. The van der Waals surface area contributed by atoms with E-state index in [1.165, 1.54) is 5.56 Å². The molecule has 41 heavy (non-hydrogen) atoms. The molecular weight excluding hydrogens is 557 g/mol. The van der Waals surface area contributed by atoms with Crippen molar-refractivity contribution in [3.63, 3.8) is 0 Å². The molecule has 2 atom stereocenters. The van der Waals surface area contributed by atoms with Crippen LogP contribution in [-0.2, 0) is 17.3 Å². The monoisotopic (exact) mass is 607 g/mol. The molecule has 1 aromatic heterocycles. The van der Waals surface area contributed by atoms with Crippen LogP contribution in [0, 0.1) is 0 Å². The van der Waals surface area contributed by atoms with Crippen LogP contribution in [-0.4, -0.2) is 29.8 Å². The van der Waals surface area contributed by atoms with Crippen molar-refractivity contribution in [2.45, 2.75) is 98.6 Å². The second kappa shape index (κ2) is 15.3. The summed E-state index contributed by atoms with van der Waals surface area (Å²) in [6.45, 7) is 23.6. The minimum atomic E-state index is -0.217. The molecule has 8 heteroatoms. The highest BCUT2D eigenvalue weighted by Gasteiger charge is 2.27. The Morgan fingerprint density at radius 2 is 1.44 bits per heavy atom. The molecule has 0 saturated heterocycles. The first-order valence-electron chi connectivity index (χ1n) is 14.3. The second-order valence-electron chi connectivity index (χ2n) is 12.5. The van der Waals surface area contributed by atoms with Crippen molar-refractivity contribution >= 4 is 24.8 Å². The molecular formula is C33H51Cl2N3O3. The molecule has 0 fully saturated rings. The van der Waals surface area contributed by atoms with Crippen LogP contribution in [0.5, 0.6) is 11.5 Å². The van der Waals surface area contributed by atoms with Crippen molar-refractivity contribution < 1.29 is 14.3 Å². The Morgan fingerprint density at radius 1 is 0.878 bits per heavy atom. The van der Waals surface area contributed by atoms with Crippen molar-refractivity contribution in [3.05, 3.63) is 64.5 Å². The molecule has 0 aliphatic rings. The largest absolute Gasteiger partial charge is 0.507 e. The number of aromatic hydroxyl groups is 1. The molecule has 2 aromatic carbocycles. The lowest BCUT2D eigenvalue weighted by atomic mass is 9.78. The van der Waals surface area contributed by atoms with E-state index < -0.39 is 0 Å². The highest BCUT2D eigenvalue weighted by atomic mass is 35.5. The van der Waals surface area contributed by atoms with E-state index in [1.54, 1.807) is 6.26 Å². The SMILES string of the molecule is CCNC(C)c1ccc(OCCc2coc(-c3cc(C(C)(C)C)c(O)c(C(C)(C)C)c3)n2)c(C(C)NCC)c1.Cl.Cl. The minimum Gasteiger partial charge on any atom is -0.507 e. The zero-order valence-corrected chi connectivity index (χ0v) is 28.1. The van der Waals surface area contributed by atoms with Gasteiger partial charge < -0.3 is 24.9 Å². The van der Waals surface area contributed by atoms with Crippen LogP contribution in [0.4, 0.5) is 0 Å². The van der Waals surface area contributed by atoms with Crippen LogP contribution in [0.2, 0.25) is 0 Å². The lowest BCUT2D eigenvalue weighted by Crippen LogP contribution is -2.21. The lowest BCUT2D eigenvalue weighted by Gasteiger charge is -2.27. The van der Waals surface area contributed by atoms with Gasteiger partial charge in [0.15, 0.2) is 0 Å². The van der Waals surface area contributed by atoms with Crippen molar-refractivity contribution in [1.82, 2.24) is 15.6 Å². The van der Waals surface area contributed by atoms with E-state index in [0.717, 1.165) is 46.8 Å². The molecule has 0 spiro atoms. The maximum Gasteiger partial charge on any atom is 0.226 e. The fraction of sp³-hybridized carbons (Fsp3) is 0.545. The normalized spacial score (nSPS) is 13.2. The van der Waals surface area contributed by atoms with E-state index in [2.05, 4.69) is 98.1 Å². The summed E-state index contributed by atoms with van der Waals surface area (Å²) in [6, 6.07) is 10.9. The number of aromatic nitrogens is 1. The van der Waals surface area contributed by atoms with Gasteiger partial charge in [0.1, 0.15) is 17.8 Å². The van der Waals surface area contributed by atoms with Crippen LogP contribution in [0.25, 0.3) is 11.5 Å². The highest BCUT2D eigenvalue weighted by Crippen LogP contribution is 2.41. The van der Waals surface area contributed by atoms with Crippen molar-refractivity contribution in [1.29, 1.82) is 0 Å². The molecule has 0 radical (unpaired) electrons. The maximum absolute atomic E-state index is 11.1. The van der Waals surface area contributed by atoms with Gasteiger partial charge in [-0.2, -0.15) is 0 Å². The molecule has 230 valence electrons. The second-order valence-corrected chi connectivity index (χ2v) is 12.5. The fourth-order valence-corrected chi connectivity index (χ4v) is 4.87. The molecule has 0 aliphatic carbocycles. The first-order chi connectivity index (χ1) is 18.3. The summed E-state index contributed by atoms with van der Waals surface area (Å²) in [5, 5.41) is 18.1. The number of oxazole rings is 1. The van der Waals surface area contributed by atoms with E-state index in [9.17, 15) is 5.11 Å². The molecule has 0 aliphatic heterocycles. The van der Waals surface area contributed by atoms with Crippen LogP contribution >= 0.6 is 24.8 Å². The quantitative estimate of drug-likeness (QED) is 0.203. The molecule has 3 N–H and O–H groups in total. The number of rotatable bonds is 11. The van der Waals surface area contributed by atoms with Gasteiger partial charge in [0.25, 0.3) is 0 Å². The summed E-state index contributed by atoms with van der Waals surface area (Å²) in [7, 11) is 0. The third-order valence-electron chi connectivity index (χ3n) is 7.16. The maximum atomic E-state index is 11.1. The number of benzene rings is 2. The Hall–Kier alpha value is -2.25. The van der Waals surface area contributed by atoms with E-state index >= 15 is 0 Å². The van der Waals surface area contributed by atoms with Crippen LogP contribution in [0.15, 0.2) is 41.0 Å². The number of hydrogen-bond donors (Lipinski definition) is 3. The average molecular weight is 609 g/mol. The van der Waals surface area contributed by atoms with Crippen LogP contribution in [0.1, 0.15) is 109 Å². The van der Waals surface area contributed by atoms with Gasteiger partial charge in [-0.05, 0) is 67.6 Å². The van der Waals surface area contributed by atoms with E-state index in [-0.39, 0.29) is 47.7 Å². The smallest absolute Gasteiger partial charge is 0.226 e. The van der Waals surface area contributed by atoms with Gasteiger partial charge in [-0.3, -0.25) is 0 Å². The van der Waals surface area contributed by atoms with Gasteiger partial charge in [0.2, 0.25) is 5.89 Å². The summed E-state index contributed by atoms with van der Waals surface area (Å²) >= 11 is 0. The Morgan fingerprint density at radius 3 is 1.98 bits per heavy atom. The lowest BCUT2D eigenvalue weighted by molar-refractivity contribution is 0.313. The molecule has 1 heterocycles. The number of ether oxygens (including phenoxy) is 1. The van der Waals surface area contributed by atoms with Gasteiger partial charge in [0.05, 0.1) is 12.3 Å². The van der Waals surface area contributed by atoms with Gasteiger partial charge in [0, 0.05) is 40.8 Å². The third-order valence-corrected chi connectivity index (χ3v) is 7.16. The number of nitrogens with one attached hydrogen (secondary N) is 2. The zero-order chi connectivity index (χ0) is 29.0. The molecule has 0 saturated carbocycles. The summed E-state index contributed by atoms with van der Waals surface area (Å²) in [4.78, 5) is 4.78.